The van der Waals surface area contributed by atoms with E-state index in [4.69, 9.17) is 0 Å². The van der Waals surface area contributed by atoms with E-state index in [0.717, 1.165) is 23.7 Å². The van der Waals surface area contributed by atoms with Gasteiger partial charge in [-0.2, -0.15) is 0 Å². The van der Waals surface area contributed by atoms with Gasteiger partial charge >= 0.3 is 0 Å². The summed E-state index contributed by atoms with van der Waals surface area (Å²) in [6.45, 7) is 9.79. The predicted molar refractivity (Wildman–Crippen MR) is 248 cm³/mol. The molecule has 7 aromatic rings. The lowest BCUT2D eigenvalue weighted by atomic mass is 9.43. The summed E-state index contributed by atoms with van der Waals surface area (Å²) in [5.74, 6) is 3.33. The van der Waals surface area contributed by atoms with Crippen LogP contribution in [0.1, 0.15) is 94.9 Å². The minimum atomic E-state index is 0.123. The van der Waals surface area contributed by atoms with Crippen molar-refractivity contribution in [2.45, 2.75) is 88.9 Å². The van der Waals surface area contributed by atoms with Gasteiger partial charge in [-0.15, -0.1) is 0 Å². The molecule has 7 aromatic carbocycles. The molecule has 0 radical (unpaired) electrons. The molecule has 0 aliphatic heterocycles. The zero-order valence-electron chi connectivity index (χ0n) is 35.1. The van der Waals surface area contributed by atoms with Crippen molar-refractivity contribution >= 4 is 27.8 Å². The molecule has 0 amide bonds. The lowest BCUT2D eigenvalue weighted by Crippen LogP contribution is -2.55. The van der Waals surface area contributed by atoms with E-state index in [0.29, 0.717) is 0 Å². The van der Waals surface area contributed by atoms with Crippen LogP contribution in [-0.2, 0) is 16.2 Å². The van der Waals surface area contributed by atoms with Crippen LogP contribution in [0.3, 0.4) is 0 Å². The van der Waals surface area contributed by atoms with Crippen molar-refractivity contribution < 1.29 is 0 Å². The summed E-state index contributed by atoms with van der Waals surface area (Å²) in [6.07, 6.45) is 9.49. The van der Waals surface area contributed by atoms with Gasteiger partial charge in [-0.3, -0.25) is 0 Å². The fraction of sp³-hybridized carbons (Fsp3) is 0.310. The van der Waals surface area contributed by atoms with Gasteiger partial charge in [0.15, 0.2) is 0 Å². The number of benzene rings is 7. The monoisotopic (exact) mass is 765 g/mol. The maximum atomic E-state index is 2.66. The van der Waals surface area contributed by atoms with E-state index in [1.54, 1.807) is 11.1 Å². The first-order chi connectivity index (χ1) is 28.7. The summed E-state index contributed by atoms with van der Waals surface area (Å²) >= 11 is 0. The zero-order valence-corrected chi connectivity index (χ0v) is 35.1. The van der Waals surface area contributed by atoms with E-state index < -0.39 is 0 Å². The number of hydrogen-bond acceptors (Lipinski definition) is 1. The van der Waals surface area contributed by atoms with Crippen LogP contribution in [0.15, 0.2) is 152 Å². The van der Waals surface area contributed by atoms with E-state index in [9.17, 15) is 0 Å². The molecule has 292 valence electrons. The summed E-state index contributed by atoms with van der Waals surface area (Å²) in [5.41, 5.74) is 18.4. The molecule has 59 heavy (non-hydrogen) atoms. The van der Waals surface area contributed by atoms with Gasteiger partial charge in [0.05, 0.1) is 0 Å². The third-order valence-corrected chi connectivity index (χ3v) is 16.3. The van der Waals surface area contributed by atoms with Crippen LogP contribution < -0.4 is 4.90 Å². The molecular formula is C58H55N. The van der Waals surface area contributed by atoms with Gasteiger partial charge in [0.25, 0.3) is 0 Å². The van der Waals surface area contributed by atoms with Crippen molar-refractivity contribution in [2.24, 2.45) is 23.7 Å². The molecule has 4 saturated carbocycles. The molecule has 0 unspecified atom stereocenters. The van der Waals surface area contributed by atoms with Crippen molar-refractivity contribution in [1.29, 1.82) is 0 Å². The Morgan fingerprint density at radius 3 is 1.56 bits per heavy atom. The highest BCUT2D eigenvalue weighted by molar-refractivity contribution is 5.92. The molecule has 4 bridgehead atoms. The number of hydrogen-bond donors (Lipinski definition) is 0. The summed E-state index contributed by atoms with van der Waals surface area (Å²) in [4.78, 5) is 2.58. The summed E-state index contributed by atoms with van der Waals surface area (Å²) < 4.78 is 0. The fourth-order valence-corrected chi connectivity index (χ4v) is 13.5. The minimum Gasteiger partial charge on any atom is -0.310 e. The predicted octanol–water partition coefficient (Wildman–Crippen LogP) is 15.7. The Morgan fingerprint density at radius 2 is 0.898 bits per heavy atom. The highest BCUT2D eigenvalue weighted by Gasteiger charge is 2.61. The average Bonchev–Trinajstić information content (AvgIpc) is 3.54. The Morgan fingerprint density at radius 1 is 0.390 bits per heavy atom. The molecule has 6 aliphatic carbocycles. The number of rotatable bonds is 5. The minimum absolute atomic E-state index is 0.123. The van der Waals surface area contributed by atoms with Crippen LogP contribution in [0.25, 0.3) is 44.2 Å². The Bertz CT molecular complexity index is 2760. The normalized spacial score (nSPS) is 25.2. The summed E-state index contributed by atoms with van der Waals surface area (Å²) in [5, 5.41) is 2.54. The molecule has 6 aliphatic rings. The van der Waals surface area contributed by atoms with E-state index in [-0.39, 0.29) is 16.2 Å². The second kappa shape index (κ2) is 12.8. The molecule has 1 spiro atoms. The summed E-state index contributed by atoms with van der Waals surface area (Å²) in [6, 6.07) is 58.4. The molecule has 0 atom stereocenters. The van der Waals surface area contributed by atoms with Crippen LogP contribution in [0.2, 0.25) is 0 Å². The first-order valence-corrected chi connectivity index (χ1v) is 22.5. The van der Waals surface area contributed by atoms with Crippen LogP contribution >= 0.6 is 0 Å². The topological polar surface area (TPSA) is 3.24 Å². The molecular weight excluding hydrogens is 711 g/mol. The average molecular weight is 766 g/mol. The molecule has 0 aromatic heterocycles. The first kappa shape index (κ1) is 35.5. The fourth-order valence-electron chi connectivity index (χ4n) is 13.5. The largest absolute Gasteiger partial charge is 0.310 e. The standard InChI is InChI=1S/C58H55N/c1-56(2)26-27-57(3,4)55-36-49(23-25-53(55)56)59(47-20-18-40(19-21-47)42-15-17-43-33-41(14-16-44(43)34-42)39-10-6-5-7-11-39)48-22-24-51-50-12-8-9-13-52(50)58(54(51)35-48)45-29-37-28-38(31-45)32-46(58)30-37/h5-25,33-38,45-46H,26-32H2,1-4H3. The summed E-state index contributed by atoms with van der Waals surface area (Å²) in [7, 11) is 0. The van der Waals surface area contributed by atoms with Crippen molar-refractivity contribution in [3.05, 3.63) is 174 Å². The van der Waals surface area contributed by atoms with Crippen LogP contribution in [0, 0.1) is 23.7 Å². The lowest BCUT2D eigenvalue weighted by Gasteiger charge is -2.61. The van der Waals surface area contributed by atoms with Gasteiger partial charge < -0.3 is 4.90 Å². The van der Waals surface area contributed by atoms with Crippen molar-refractivity contribution in [3.8, 4) is 33.4 Å². The Balaban J connectivity index is 0.984. The molecule has 13 rings (SSSR count). The second-order valence-corrected chi connectivity index (χ2v) is 20.5. The second-order valence-electron chi connectivity index (χ2n) is 20.5. The highest BCUT2D eigenvalue weighted by Crippen LogP contribution is 2.69. The lowest BCUT2D eigenvalue weighted by molar-refractivity contribution is -0.0399. The smallest absolute Gasteiger partial charge is 0.0465 e. The number of anilines is 3. The number of nitrogens with zero attached hydrogens (tertiary/aromatic N) is 1. The van der Waals surface area contributed by atoms with E-state index in [1.165, 1.54) is 117 Å². The van der Waals surface area contributed by atoms with Crippen molar-refractivity contribution in [1.82, 2.24) is 0 Å². The van der Waals surface area contributed by atoms with Gasteiger partial charge in [-0.1, -0.05) is 131 Å². The third kappa shape index (κ3) is 5.35. The maximum absolute atomic E-state index is 2.66. The molecule has 1 heteroatoms. The SMILES string of the molecule is CC1(C)CCC(C)(C)c2cc(N(c3ccc(-c4ccc5cc(-c6ccccc6)ccc5c4)cc3)c3ccc4c(c3)C3(c5ccccc5-4)C4CC5CC(C4)CC3C5)ccc21. The zero-order chi connectivity index (χ0) is 39.7. The Hall–Kier alpha value is -5.40. The van der Waals surface area contributed by atoms with Crippen molar-refractivity contribution in [3.63, 3.8) is 0 Å². The molecule has 0 heterocycles. The third-order valence-electron chi connectivity index (χ3n) is 16.3. The number of fused-ring (bicyclic) bond motifs is 5. The van der Waals surface area contributed by atoms with Gasteiger partial charge in [-0.25, -0.2) is 0 Å². The highest BCUT2D eigenvalue weighted by atomic mass is 15.1. The van der Waals surface area contributed by atoms with E-state index in [2.05, 4.69) is 184 Å². The van der Waals surface area contributed by atoms with Gasteiger partial charge in [0, 0.05) is 22.5 Å². The molecule has 0 saturated heterocycles. The van der Waals surface area contributed by atoms with Gasteiger partial charge in [-0.05, 0) is 194 Å². The van der Waals surface area contributed by atoms with Crippen molar-refractivity contribution in [2.75, 3.05) is 4.90 Å². The van der Waals surface area contributed by atoms with E-state index >= 15 is 0 Å². The first-order valence-electron chi connectivity index (χ1n) is 22.5. The van der Waals surface area contributed by atoms with Gasteiger partial charge in [0.2, 0.25) is 0 Å². The van der Waals surface area contributed by atoms with Crippen LogP contribution in [0.5, 0.6) is 0 Å². The Labute approximate surface area is 351 Å². The Kier molecular flexibility index (Phi) is 7.71. The van der Waals surface area contributed by atoms with Crippen LogP contribution in [-0.4, -0.2) is 0 Å². The molecule has 0 N–H and O–H groups in total. The quantitative estimate of drug-likeness (QED) is 0.169. The molecule has 4 fully saturated rings. The molecule has 1 nitrogen and oxygen atoms in total. The van der Waals surface area contributed by atoms with E-state index in [1.807, 2.05) is 0 Å². The van der Waals surface area contributed by atoms with Crippen LogP contribution in [0.4, 0.5) is 17.1 Å². The van der Waals surface area contributed by atoms with Gasteiger partial charge in [0.1, 0.15) is 0 Å². The maximum Gasteiger partial charge on any atom is 0.0465 e.